The maximum atomic E-state index is 12.5. The van der Waals surface area contributed by atoms with Crippen LogP contribution in [0.2, 0.25) is 0 Å². The highest BCUT2D eigenvalue weighted by Gasteiger charge is 2.22. The summed E-state index contributed by atoms with van der Waals surface area (Å²) in [5, 5.41) is 13.7. The summed E-state index contributed by atoms with van der Waals surface area (Å²) in [7, 11) is 0. The second-order valence-electron chi connectivity index (χ2n) is 5.40. The minimum absolute atomic E-state index is 0.208. The van der Waals surface area contributed by atoms with Crippen molar-refractivity contribution in [2.75, 3.05) is 12.0 Å². The number of nitrogens with zero attached hydrogens (tertiary/aromatic N) is 1. The lowest BCUT2D eigenvalue weighted by Gasteiger charge is -2.13. The number of amides is 1. The lowest BCUT2D eigenvalue weighted by molar-refractivity contribution is -0.139. The van der Waals surface area contributed by atoms with Crippen LogP contribution in [0.4, 0.5) is 0 Å². The molecule has 24 heavy (non-hydrogen) atoms. The highest BCUT2D eigenvalue weighted by Crippen LogP contribution is 2.26. The molecule has 1 amide bonds. The number of hydrogen-bond acceptors (Lipinski definition) is 4. The molecule has 0 saturated heterocycles. The molecule has 1 aromatic carbocycles. The molecule has 6 nitrogen and oxygen atoms in total. The van der Waals surface area contributed by atoms with E-state index >= 15 is 0 Å². The Balaban J connectivity index is 1.96. The number of hydrogen-bond donors (Lipinski definition) is 3. The largest absolute Gasteiger partial charge is 0.480 e. The summed E-state index contributed by atoms with van der Waals surface area (Å²) >= 11 is 1.54. The van der Waals surface area contributed by atoms with Crippen LogP contribution in [0.5, 0.6) is 0 Å². The number of carbonyl (C=O) groups is 2. The van der Waals surface area contributed by atoms with Gasteiger partial charge in [-0.1, -0.05) is 18.2 Å². The van der Waals surface area contributed by atoms with E-state index in [1.54, 1.807) is 6.20 Å². The molecule has 2 heterocycles. The van der Waals surface area contributed by atoms with Crippen LogP contribution in [-0.2, 0) is 4.79 Å². The summed E-state index contributed by atoms with van der Waals surface area (Å²) in [4.78, 5) is 31.2. The molecule has 0 unspecified atom stereocenters. The van der Waals surface area contributed by atoms with Gasteiger partial charge in [0.25, 0.3) is 5.91 Å². The molecule has 0 radical (unpaired) electrons. The Bertz CT molecular complexity index is 906. The number of H-pyrrole nitrogens is 1. The number of carboxylic acids is 1. The van der Waals surface area contributed by atoms with Crippen molar-refractivity contribution in [2.45, 2.75) is 12.5 Å². The Morgan fingerprint density at radius 3 is 2.83 bits per heavy atom. The fourth-order valence-electron chi connectivity index (χ4n) is 2.67. The van der Waals surface area contributed by atoms with Crippen molar-refractivity contribution in [3.05, 3.63) is 42.2 Å². The number of carboxylic acid groups (broad SMARTS) is 1. The van der Waals surface area contributed by atoms with Crippen molar-refractivity contribution in [1.82, 2.24) is 15.3 Å². The van der Waals surface area contributed by atoms with Crippen molar-refractivity contribution < 1.29 is 14.7 Å². The molecule has 1 atom stereocenters. The molecular formula is C17H17N3O3S. The molecule has 0 bridgehead atoms. The predicted octanol–water partition coefficient (Wildman–Crippen LogP) is 2.65. The number of aromatic amines is 1. The van der Waals surface area contributed by atoms with E-state index in [0.29, 0.717) is 17.7 Å². The number of fused-ring (bicyclic) bond motifs is 3. The zero-order valence-electron chi connectivity index (χ0n) is 13.1. The molecular weight excluding hydrogens is 326 g/mol. The number of benzene rings is 1. The van der Waals surface area contributed by atoms with E-state index in [9.17, 15) is 14.7 Å². The Morgan fingerprint density at radius 2 is 2.08 bits per heavy atom. The van der Waals surface area contributed by atoms with Crippen molar-refractivity contribution in [1.29, 1.82) is 0 Å². The number of aliphatic carboxylic acids is 1. The summed E-state index contributed by atoms with van der Waals surface area (Å²) in [6, 6.07) is 8.65. The van der Waals surface area contributed by atoms with E-state index in [1.165, 1.54) is 11.8 Å². The molecule has 0 saturated carbocycles. The smallest absolute Gasteiger partial charge is 0.326 e. The summed E-state index contributed by atoms with van der Waals surface area (Å²) in [5.74, 6) is -0.872. The van der Waals surface area contributed by atoms with Gasteiger partial charge in [-0.25, -0.2) is 9.78 Å². The lowest BCUT2D eigenvalue weighted by Crippen LogP contribution is -2.41. The molecule has 0 aliphatic rings. The van der Waals surface area contributed by atoms with Crippen molar-refractivity contribution in [3.63, 3.8) is 0 Å². The molecule has 2 aromatic heterocycles. The Hall–Kier alpha value is -2.54. The van der Waals surface area contributed by atoms with Gasteiger partial charge in [-0.05, 0) is 30.6 Å². The average Bonchev–Trinajstić information content (AvgIpc) is 2.96. The first-order chi connectivity index (χ1) is 11.6. The molecule has 7 heteroatoms. The first-order valence-corrected chi connectivity index (χ1v) is 8.89. The van der Waals surface area contributed by atoms with Gasteiger partial charge in [-0.15, -0.1) is 0 Å². The molecule has 3 rings (SSSR count). The fraction of sp³-hybridized carbons (Fsp3) is 0.235. The summed E-state index contributed by atoms with van der Waals surface area (Å²) in [6.07, 6.45) is 3.83. The number of pyridine rings is 1. The molecule has 3 N–H and O–H groups in total. The number of rotatable bonds is 6. The third kappa shape index (κ3) is 3.07. The van der Waals surface area contributed by atoms with E-state index in [0.717, 1.165) is 16.3 Å². The van der Waals surface area contributed by atoms with Gasteiger partial charge in [0.15, 0.2) is 5.69 Å². The van der Waals surface area contributed by atoms with Crippen LogP contribution in [0.25, 0.3) is 21.8 Å². The normalized spacial score (nSPS) is 12.4. The van der Waals surface area contributed by atoms with E-state index in [-0.39, 0.29) is 5.69 Å². The minimum atomic E-state index is -1.04. The number of thioether (sulfide) groups is 1. The highest BCUT2D eigenvalue weighted by atomic mass is 32.2. The SMILES string of the molecule is CSCC[C@H](NC(=O)c1nccc2c1[nH]c1ccccc12)C(=O)O. The summed E-state index contributed by atoms with van der Waals surface area (Å²) < 4.78 is 0. The molecule has 0 aliphatic heterocycles. The van der Waals surface area contributed by atoms with Crippen molar-refractivity contribution in [2.24, 2.45) is 0 Å². The van der Waals surface area contributed by atoms with E-state index in [1.807, 2.05) is 36.6 Å². The molecule has 3 aromatic rings. The van der Waals surface area contributed by atoms with Crippen LogP contribution < -0.4 is 5.32 Å². The lowest BCUT2D eigenvalue weighted by atomic mass is 10.1. The molecule has 0 spiro atoms. The number of para-hydroxylation sites is 1. The van der Waals surface area contributed by atoms with E-state index in [2.05, 4.69) is 15.3 Å². The second-order valence-corrected chi connectivity index (χ2v) is 6.38. The summed E-state index contributed by atoms with van der Waals surface area (Å²) in [5.41, 5.74) is 1.73. The average molecular weight is 343 g/mol. The first-order valence-electron chi connectivity index (χ1n) is 7.50. The Labute approximate surface area is 142 Å². The van der Waals surface area contributed by atoms with Gasteiger partial charge in [0, 0.05) is 22.5 Å². The topological polar surface area (TPSA) is 95.1 Å². The van der Waals surface area contributed by atoms with Gasteiger partial charge in [0.05, 0.1) is 5.52 Å². The standard InChI is InChI=1S/C17H17N3O3S/c1-24-9-7-13(17(22)23)20-16(21)15-14-11(6-8-18-15)10-4-2-3-5-12(10)19-14/h2-6,8,13,19H,7,9H2,1H3,(H,20,21)(H,22,23)/t13-/m0/s1. The van der Waals surface area contributed by atoms with Gasteiger partial charge in [-0.2, -0.15) is 11.8 Å². The third-order valence-corrected chi connectivity index (χ3v) is 4.50. The van der Waals surface area contributed by atoms with Crippen LogP contribution in [0.3, 0.4) is 0 Å². The van der Waals surface area contributed by atoms with Gasteiger partial charge >= 0.3 is 5.97 Å². The molecule has 124 valence electrons. The number of nitrogens with one attached hydrogen (secondary N) is 2. The zero-order valence-corrected chi connectivity index (χ0v) is 13.9. The maximum Gasteiger partial charge on any atom is 0.326 e. The maximum absolute atomic E-state index is 12.5. The molecule has 0 fully saturated rings. The second kappa shape index (κ2) is 6.92. The zero-order chi connectivity index (χ0) is 17.1. The first kappa shape index (κ1) is 16.3. The van der Waals surface area contributed by atoms with E-state index < -0.39 is 17.9 Å². The van der Waals surface area contributed by atoms with Gasteiger partial charge in [-0.3, -0.25) is 4.79 Å². The third-order valence-electron chi connectivity index (χ3n) is 3.86. The predicted molar refractivity (Wildman–Crippen MR) is 95.5 cm³/mol. The van der Waals surface area contributed by atoms with E-state index in [4.69, 9.17) is 0 Å². The Kier molecular flexibility index (Phi) is 4.71. The van der Waals surface area contributed by atoms with Crippen LogP contribution in [0, 0.1) is 0 Å². The minimum Gasteiger partial charge on any atom is -0.480 e. The van der Waals surface area contributed by atoms with Gasteiger partial charge < -0.3 is 15.4 Å². The van der Waals surface area contributed by atoms with Crippen molar-refractivity contribution >= 4 is 45.4 Å². The quantitative estimate of drug-likeness (QED) is 0.639. The van der Waals surface area contributed by atoms with Crippen LogP contribution >= 0.6 is 11.8 Å². The molecule has 0 aliphatic carbocycles. The van der Waals surface area contributed by atoms with Crippen LogP contribution in [-0.4, -0.2) is 45.0 Å². The fourth-order valence-corrected chi connectivity index (χ4v) is 3.14. The number of aromatic nitrogens is 2. The van der Waals surface area contributed by atoms with Gasteiger partial charge in [0.1, 0.15) is 6.04 Å². The Morgan fingerprint density at radius 1 is 1.29 bits per heavy atom. The highest BCUT2D eigenvalue weighted by molar-refractivity contribution is 7.98. The van der Waals surface area contributed by atoms with Gasteiger partial charge in [0.2, 0.25) is 0 Å². The monoisotopic (exact) mass is 343 g/mol. The van der Waals surface area contributed by atoms with Crippen LogP contribution in [0.15, 0.2) is 36.5 Å². The number of carbonyl (C=O) groups excluding carboxylic acids is 1. The van der Waals surface area contributed by atoms with Crippen LogP contribution in [0.1, 0.15) is 16.9 Å². The van der Waals surface area contributed by atoms with Crippen molar-refractivity contribution in [3.8, 4) is 0 Å². The summed E-state index contributed by atoms with van der Waals surface area (Å²) in [6.45, 7) is 0.